The number of nitrogen functional groups attached to an aromatic ring is 1. The number of nitriles is 1. The van der Waals surface area contributed by atoms with Gasteiger partial charge in [-0.05, 0) is 18.2 Å². The molecule has 0 aliphatic carbocycles. The van der Waals surface area contributed by atoms with Gasteiger partial charge in [0.25, 0.3) is 0 Å². The molecule has 1 rings (SSSR count). The van der Waals surface area contributed by atoms with Crippen LogP contribution in [0.1, 0.15) is 6.42 Å². The highest BCUT2D eigenvalue weighted by molar-refractivity contribution is 6.31. The highest BCUT2D eigenvalue weighted by Crippen LogP contribution is 2.25. The Bertz CT molecular complexity index is 357. The molecular formula is C10H12ClN3. The quantitative estimate of drug-likeness (QED) is 0.778. The van der Waals surface area contributed by atoms with Crippen molar-refractivity contribution in [3.63, 3.8) is 0 Å². The van der Waals surface area contributed by atoms with Gasteiger partial charge in [-0.3, -0.25) is 0 Å². The summed E-state index contributed by atoms with van der Waals surface area (Å²) in [5.41, 5.74) is 7.33. The zero-order chi connectivity index (χ0) is 10.6. The van der Waals surface area contributed by atoms with E-state index in [2.05, 4.69) is 6.07 Å². The first-order chi connectivity index (χ1) is 6.65. The van der Waals surface area contributed by atoms with Gasteiger partial charge in [0.15, 0.2) is 0 Å². The Morgan fingerprint density at radius 2 is 2.29 bits per heavy atom. The van der Waals surface area contributed by atoms with Gasteiger partial charge in [0.2, 0.25) is 0 Å². The van der Waals surface area contributed by atoms with E-state index in [-0.39, 0.29) is 0 Å². The van der Waals surface area contributed by atoms with E-state index in [1.807, 2.05) is 18.0 Å². The van der Waals surface area contributed by atoms with E-state index in [1.54, 1.807) is 12.1 Å². The van der Waals surface area contributed by atoms with Crippen molar-refractivity contribution in [2.45, 2.75) is 6.42 Å². The van der Waals surface area contributed by atoms with Crippen LogP contribution in [0, 0.1) is 11.3 Å². The summed E-state index contributed by atoms with van der Waals surface area (Å²) < 4.78 is 0. The molecule has 0 spiro atoms. The Labute approximate surface area is 88.7 Å². The average Bonchev–Trinajstić information content (AvgIpc) is 2.14. The van der Waals surface area contributed by atoms with E-state index in [4.69, 9.17) is 22.6 Å². The number of nitrogens with two attached hydrogens (primary N) is 1. The molecule has 0 atom stereocenters. The van der Waals surface area contributed by atoms with Crippen LogP contribution < -0.4 is 10.6 Å². The van der Waals surface area contributed by atoms with Gasteiger partial charge in [0.1, 0.15) is 0 Å². The number of rotatable bonds is 3. The lowest BCUT2D eigenvalue weighted by Crippen LogP contribution is -2.19. The largest absolute Gasteiger partial charge is 0.397 e. The molecule has 0 unspecified atom stereocenters. The predicted molar refractivity (Wildman–Crippen MR) is 59.4 cm³/mol. The van der Waals surface area contributed by atoms with Crippen LogP contribution in [0.4, 0.5) is 11.4 Å². The lowest BCUT2D eigenvalue weighted by Gasteiger charge is -2.19. The summed E-state index contributed by atoms with van der Waals surface area (Å²) >= 11 is 5.78. The van der Waals surface area contributed by atoms with Crippen molar-refractivity contribution in [1.29, 1.82) is 5.26 Å². The Morgan fingerprint density at radius 1 is 1.57 bits per heavy atom. The summed E-state index contributed by atoms with van der Waals surface area (Å²) in [6, 6.07) is 7.44. The summed E-state index contributed by atoms with van der Waals surface area (Å²) in [4.78, 5) is 1.94. The first-order valence-electron chi connectivity index (χ1n) is 4.28. The number of halogens is 1. The maximum Gasteiger partial charge on any atom is 0.0640 e. The van der Waals surface area contributed by atoms with Crippen LogP contribution >= 0.6 is 11.6 Å². The highest BCUT2D eigenvalue weighted by atomic mass is 35.5. The van der Waals surface area contributed by atoms with Crippen molar-refractivity contribution in [1.82, 2.24) is 0 Å². The van der Waals surface area contributed by atoms with Crippen LogP contribution in [0.15, 0.2) is 18.2 Å². The molecule has 0 fully saturated rings. The van der Waals surface area contributed by atoms with Gasteiger partial charge < -0.3 is 10.6 Å². The third-order valence-electron chi connectivity index (χ3n) is 1.96. The molecule has 1 aromatic rings. The molecule has 0 aromatic heterocycles. The van der Waals surface area contributed by atoms with Gasteiger partial charge in [0.05, 0.1) is 23.9 Å². The van der Waals surface area contributed by atoms with E-state index in [1.165, 1.54) is 0 Å². The highest BCUT2D eigenvalue weighted by Gasteiger charge is 2.04. The smallest absolute Gasteiger partial charge is 0.0640 e. The van der Waals surface area contributed by atoms with Crippen molar-refractivity contribution in [3.8, 4) is 6.07 Å². The second-order valence-electron chi connectivity index (χ2n) is 3.03. The molecule has 2 N–H and O–H groups in total. The van der Waals surface area contributed by atoms with Crippen molar-refractivity contribution < 1.29 is 0 Å². The van der Waals surface area contributed by atoms with Crippen molar-refractivity contribution in [3.05, 3.63) is 23.2 Å². The molecule has 0 saturated carbocycles. The zero-order valence-electron chi connectivity index (χ0n) is 8.00. The Kier molecular flexibility index (Phi) is 3.61. The molecule has 0 aliphatic rings. The van der Waals surface area contributed by atoms with E-state index in [0.717, 1.165) is 5.69 Å². The van der Waals surface area contributed by atoms with Crippen LogP contribution in [-0.2, 0) is 0 Å². The minimum absolute atomic E-state index is 0.485. The number of benzene rings is 1. The summed E-state index contributed by atoms with van der Waals surface area (Å²) in [6.07, 6.45) is 0.485. The summed E-state index contributed by atoms with van der Waals surface area (Å²) in [5, 5.41) is 9.07. The normalized spacial score (nSPS) is 9.50. The van der Waals surface area contributed by atoms with E-state index in [0.29, 0.717) is 23.7 Å². The zero-order valence-corrected chi connectivity index (χ0v) is 8.75. The SMILES string of the molecule is CN(CCC#N)c1ccc(Cl)cc1N. The predicted octanol–water partition coefficient (Wildman–Crippen LogP) is 2.27. The molecule has 3 nitrogen and oxygen atoms in total. The van der Waals surface area contributed by atoms with Gasteiger partial charge in [-0.25, -0.2) is 0 Å². The number of nitrogens with zero attached hydrogens (tertiary/aromatic N) is 2. The average molecular weight is 210 g/mol. The molecule has 0 amide bonds. The molecule has 74 valence electrons. The molecule has 1 aromatic carbocycles. The number of anilines is 2. The third-order valence-corrected chi connectivity index (χ3v) is 2.19. The summed E-state index contributed by atoms with van der Waals surface area (Å²) in [6.45, 7) is 0.669. The summed E-state index contributed by atoms with van der Waals surface area (Å²) in [7, 11) is 1.90. The molecule has 14 heavy (non-hydrogen) atoms. The van der Waals surface area contributed by atoms with E-state index < -0.39 is 0 Å². The fourth-order valence-corrected chi connectivity index (χ4v) is 1.39. The second-order valence-corrected chi connectivity index (χ2v) is 3.47. The Hall–Kier alpha value is -1.40. The van der Waals surface area contributed by atoms with Gasteiger partial charge >= 0.3 is 0 Å². The Morgan fingerprint density at radius 3 is 2.86 bits per heavy atom. The van der Waals surface area contributed by atoms with Crippen LogP contribution in [0.25, 0.3) is 0 Å². The first-order valence-corrected chi connectivity index (χ1v) is 4.66. The minimum atomic E-state index is 0.485. The number of hydrogen-bond donors (Lipinski definition) is 1. The van der Waals surface area contributed by atoms with E-state index >= 15 is 0 Å². The fraction of sp³-hybridized carbons (Fsp3) is 0.300. The van der Waals surface area contributed by atoms with Crippen LogP contribution in [-0.4, -0.2) is 13.6 Å². The first kappa shape index (κ1) is 10.7. The maximum atomic E-state index is 8.45. The second kappa shape index (κ2) is 4.73. The number of hydrogen-bond acceptors (Lipinski definition) is 3. The molecular weight excluding hydrogens is 198 g/mol. The Balaban J connectivity index is 2.80. The van der Waals surface area contributed by atoms with Gasteiger partial charge in [0, 0.05) is 18.6 Å². The standard InChI is InChI=1S/C10H12ClN3/c1-14(6-2-5-12)10-4-3-8(11)7-9(10)13/h3-4,7H,2,6,13H2,1H3. The molecule has 0 aliphatic heterocycles. The lowest BCUT2D eigenvalue weighted by molar-refractivity contribution is 0.907. The van der Waals surface area contributed by atoms with Crippen LogP contribution in [0.2, 0.25) is 5.02 Å². The van der Waals surface area contributed by atoms with Gasteiger partial charge in [-0.1, -0.05) is 11.6 Å². The lowest BCUT2D eigenvalue weighted by atomic mass is 10.2. The van der Waals surface area contributed by atoms with Crippen LogP contribution in [0.3, 0.4) is 0 Å². The van der Waals surface area contributed by atoms with Crippen molar-refractivity contribution >= 4 is 23.0 Å². The molecule has 0 saturated heterocycles. The van der Waals surface area contributed by atoms with Gasteiger partial charge in [-0.2, -0.15) is 5.26 Å². The van der Waals surface area contributed by atoms with Crippen molar-refractivity contribution in [2.24, 2.45) is 0 Å². The topological polar surface area (TPSA) is 53.0 Å². The molecule has 4 heteroatoms. The monoisotopic (exact) mass is 209 g/mol. The fourth-order valence-electron chi connectivity index (χ4n) is 1.21. The van der Waals surface area contributed by atoms with Crippen LogP contribution in [0.5, 0.6) is 0 Å². The van der Waals surface area contributed by atoms with E-state index in [9.17, 15) is 0 Å². The third kappa shape index (κ3) is 2.54. The molecule has 0 bridgehead atoms. The maximum absolute atomic E-state index is 8.45. The van der Waals surface area contributed by atoms with Gasteiger partial charge in [-0.15, -0.1) is 0 Å². The minimum Gasteiger partial charge on any atom is -0.397 e. The summed E-state index contributed by atoms with van der Waals surface area (Å²) in [5.74, 6) is 0. The van der Waals surface area contributed by atoms with Crippen molar-refractivity contribution in [2.75, 3.05) is 24.2 Å². The molecule has 0 heterocycles. The molecule has 0 radical (unpaired) electrons.